The maximum Gasteiger partial charge on any atom is 0.472 e. The molecule has 0 aromatic heterocycles. The number of aliphatic hydroxyl groups excluding tert-OH is 27. The predicted octanol–water partition coefficient (Wildman–Crippen LogP) is -21.7. The molecule has 9 heterocycles. The number of nitrogens with one attached hydrogen (secondary N) is 2. The highest BCUT2D eigenvalue weighted by atomic mass is 31.2. The highest BCUT2D eigenvalue weighted by molar-refractivity contribution is 7.47. The Morgan fingerprint density at radius 1 is 0.388 bits per heavy atom. The van der Waals surface area contributed by atoms with Crippen molar-refractivity contribution < 1.29 is 262 Å². The SMILES string of the molecule is CC(=O)NC1C(OC2C(OC3C(O)C(OC4C(O)CC(O)(C(=O)O)OC4C(O)CO)OC(C(O)CO)C3OC3OC(CO)C(OC4OC(CO)C(O)C(OC5OC(CO)C(OC6OC(CO)C(O)C(O)C6O)C(O)C5NC(C)=O)C4O)C(O)C3O)OC(C(O)COP(=O)(O)OCCN)C(O)C2OC2OC(CO)C(O)C(O)C2O)OC(CO)C(O)C1O. The van der Waals surface area contributed by atoms with Crippen molar-refractivity contribution in [3.05, 3.63) is 0 Å². The van der Waals surface area contributed by atoms with E-state index in [1.165, 1.54) is 0 Å². The van der Waals surface area contributed by atoms with Crippen molar-refractivity contribution in [2.75, 3.05) is 72.6 Å². The van der Waals surface area contributed by atoms with E-state index in [0.717, 1.165) is 13.8 Å². The molecule has 34 N–H and O–H groups in total. The van der Waals surface area contributed by atoms with Crippen LogP contribution in [-0.4, -0.2) is 531 Å². The predicted molar refractivity (Wildman–Crippen MR) is 367 cm³/mol. The van der Waals surface area contributed by atoms with Crippen LogP contribution in [0.2, 0.25) is 0 Å². The second-order valence-electron chi connectivity index (χ2n) is 29.8. The monoisotopic (exact) mass is 1800 g/mol. The summed E-state index contributed by atoms with van der Waals surface area (Å²) in [5.74, 6) is -7.60. The molecule has 48 unspecified atom stereocenters. The van der Waals surface area contributed by atoms with Gasteiger partial charge in [-0.15, -0.1) is 0 Å². The van der Waals surface area contributed by atoms with Gasteiger partial charge in [0.1, 0.15) is 226 Å². The van der Waals surface area contributed by atoms with E-state index in [1.54, 1.807) is 0 Å². The summed E-state index contributed by atoms with van der Waals surface area (Å²) in [5.41, 5.74) is 5.42. The van der Waals surface area contributed by atoms with Gasteiger partial charge in [-0.3, -0.25) is 18.6 Å². The van der Waals surface area contributed by atoms with Gasteiger partial charge in [-0.25, -0.2) is 9.36 Å². The van der Waals surface area contributed by atoms with E-state index in [1.807, 2.05) is 0 Å². The molecule has 0 aromatic rings. The first-order valence-electron chi connectivity index (χ1n) is 37.8. The number of rotatable bonds is 36. The average Bonchev–Trinajstić information content (AvgIpc) is 0.750. The molecule has 9 fully saturated rings. The number of aliphatic carboxylic acids is 1. The maximum absolute atomic E-state index is 13.1. The Kier molecular flexibility index (Phi) is 36.8. The summed E-state index contributed by atoms with van der Waals surface area (Å²) in [4.78, 5) is 48.6. The molecule has 2 amide bonds. The van der Waals surface area contributed by atoms with Gasteiger partial charge in [0.05, 0.1) is 72.2 Å². The van der Waals surface area contributed by atoms with Crippen molar-refractivity contribution in [3.63, 3.8) is 0 Å². The molecule has 121 heavy (non-hydrogen) atoms. The van der Waals surface area contributed by atoms with Gasteiger partial charge in [0.25, 0.3) is 5.79 Å². The van der Waals surface area contributed by atoms with Gasteiger partial charge < -0.3 is 250 Å². The van der Waals surface area contributed by atoms with Crippen molar-refractivity contribution >= 4 is 25.6 Å². The molecule has 0 aliphatic carbocycles. The third kappa shape index (κ3) is 22.8. The summed E-state index contributed by atoms with van der Waals surface area (Å²) in [7, 11) is -5.30. The zero-order valence-electron chi connectivity index (χ0n) is 63.9. The number of aliphatic hydroxyl groups is 28. The zero-order valence-corrected chi connectivity index (χ0v) is 64.8. The number of phosphoric ester groups is 1. The van der Waals surface area contributed by atoms with Gasteiger partial charge in [-0.05, 0) is 0 Å². The summed E-state index contributed by atoms with van der Waals surface area (Å²) in [6.07, 6.45) is -105. The van der Waals surface area contributed by atoms with Crippen molar-refractivity contribution in [2.45, 2.75) is 308 Å². The first-order chi connectivity index (χ1) is 57.0. The first kappa shape index (κ1) is 101. The second-order valence-corrected chi connectivity index (χ2v) is 31.3. The lowest BCUT2D eigenvalue weighted by Gasteiger charge is -2.53. The maximum atomic E-state index is 13.1. The number of ether oxygens (including phenoxy) is 17. The van der Waals surface area contributed by atoms with Crippen LogP contribution in [-0.2, 0) is 109 Å². The lowest BCUT2D eigenvalue weighted by atomic mass is 9.91. The molecule has 56 nitrogen and oxygen atoms in total. The summed E-state index contributed by atoms with van der Waals surface area (Å²) in [5, 5.41) is 329. The van der Waals surface area contributed by atoms with Gasteiger partial charge in [0.15, 0.2) is 50.3 Å². The van der Waals surface area contributed by atoms with Crippen molar-refractivity contribution in [2.24, 2.45) is 5.73 Å². The Morgan fingerprint density at radius 3 is 1.24 bits per heavy atom. The molecule has 9 saturated heterocycles. The molecule has 9 rings (SSSR count). The Labute approximate surface area is 682 Å². The van der Waals surface area contributed by atoms with Crippen LogP contribution in [0.15, 0.2) is 0 Å². The largest absolute Gasteiger partial charge is 0.477 e. The number of phosphoric acid groups is 1. The third-order valence-electron chi connectivity index (χ3n) is 21.4. The molecule has 0 bridgehead atoms. The summed E-state index contributed by atoms with van der Waals surface area (Å²) < 4.78 is 123. The Balaban J connectivity index is 1.11. The van der Waals surface area contributed by atoms with E-state index < -0.39 is 393 Å². The van der Waals surface area contributed by atoms with Crippen LogP contribution in [0.5, 0.6) is 0 Å². The van der Waals surface area contributed by atoms with Crippen LogP contribution >= 0.6 is 7.82 Å². The zero-order chi connectivity index (χ0) is 89.6. The third-order valence-corrected chi connectivity index (χ3v) is 22.4. The van der Waals surface area contributed by atoms with Crippen molar-refractivity contribution in [1.29, 1.82) is 0 Å². The summed E-state index contributed by atoms with van der Waals surface area (Å²) >= 11 is 0. The first-order valence-corrected chi connectivity index (χ1v) is 39.3. The number of nitrogens with two attached hydrogens (primary N) is 1. The fraction of sp³-hybridized carbons (Fsp3) is 0.953. The molecule has 9 aliphatic rings. The molecular weight excluding hydrogens is 1690 g/mol. The van der Waals surface area contributed by atoms with E-state index >= 15 is 0 Å². The molecule has 704 valence electrons. The topological polar surface area (TPSA) is 901 Å². The Morgan fingerprint density at radius 2 is 0.752 bits per heavy atom. The molecule has 0 saturated carbocycles. The van der Waals surface area contributed by atoms with Gasteiger partial charge >= 0.3 is 13.8 Å². The number of amides is 2. The van der Waals surface area contributed by atoms with Gasteiger partial charge in [-0.1, -0.05) is 0 Å². The average molecular weight is 1800 g/mol. The molecule has 9 aliphatic heterocycles. The van der Waals surface area contributed by atoms with Crippen molar-refractivity contribution in [1.82, 2.24) is 10.6 Å². The minimum atomic E-state index is -5.30. The Hall–Kier alpha value is -3.32. The van der Waals surface area contributed by atoms with E-state index in [-0.39, 0.29) is 0 Å². The quantitative estimate of drug-likeness (QED) is 0.0259. The van der Waals surface area contributed by atoms with Crippen LogP contribution < -0.4 is 16.4 Å². The molecule has 0 aromatic carbocycles. The van der Waals surface area contributed by atoms with Gasteiger partial charge in [0, 0.05) is 26.8 Å². The van der Waals surface area contributed by atoms with Gasteiger partial charge in [-0.2, -0.15) is 0 Å². The highest BCUT2D eigenvalue weighted by Gasteiger charge is 2.64. The smallest absolute Gasteiger partial charge is 0.472 e. The number of carboxylic acids is 1. The normalized spacial score (nSPS) is 47.6. The van der Waals surface area contributed by atoms with E-state index in [4.69, 9.17) is 95.3 Å². The molecule has 0 radical (unpaired) electrons. The number of hydrogen-bond acceptors (Lipinski definition) is 52. The fourth-order valence-electron chi connectivity index (χ4n) is 15.0. The number of hydrogen-bond donors (Lipinski definition) is 33. The Bertz CT molecular complexity index is 3270. The number of carboxylic acid groups (broad SMARTS) is 1. The number of carbonyl (C=O) groups excluding carboxylic acids is 2. The lowest BCUT2D eigenvalue weighted by Crippen LogP contribution is -2.72. The van der Waals surface area contributed by atoms with Crippen molar-refractivity contribution in [3.8, 4) is 0 Å². The fourth-order valence-corrected chi connectivity index (χ4v) is 15.7. The standard InChI is InChI=1S/C64H110N3O53P/c1-15(76)66-27-33(86)29(82)21(8-70)104-55(27)119-54-51(116-58-39(92)36(89)31(84)23(10-72)106-58)41(94)44(20(81)14-103-121(100,101)102-4-3-65)110-62(54)117-52-43(96)61(111-45-17(78)5-64(99,63(97)98)120-47(45)19(80)7-69)112-46(18(79)6-68)53(52)118-59-40(93)37(90)49(26(13-75)109-59)114-60-42(95)50(32(85)24(11-73)107-60)115-56-28(67-16(2)77)34(87)48(25(12-74)108-56)113-57-38(91)35(88)30(83)22(9-71)105-57/h17-62,68-75,78-96,99H,3-14,65H2,1-2H3,(H,66,76)(H,67,77)(H,97,98)(H,100,101). The van der Waals surface area contributed by atoms with E-state index in [0.29, 0.717) is 0 Å². The molecule has 48 atom stereocenters. The summed E-state index contributed by atoms with van der Waals surface area (Å²) in [6.45, 7) is -10.8. The van der Waals surface area contributed by atoms with Crippen LogP contribution in [0.25, 0.3) is 0 Å². The minimum absolute atomic E-state index is 0.406. The van der Waals surface area contributed by atoms with Crippen LogP contribution in [0, 0.1) is 0 Å². The highest BCUT2D eigenvalue weighted by Crippen LogP contribution is 2.46. The van der Waals surface area contributed by atoms with E-state index in [9.17, 15) is 172 Å². The van der Waals surface area contributed by atoms with Crippen LogP contribution in [0.4, 0.5) is 0 Å². The molecular formula is C64H110N3O53P. The second kappa shape index (κ2) is 43.9. The van der Waals surface area contributed by atoms with Crippen LogP contribution in [0.1, 0.15) is 20.3 Å². The van der Waals surface area contributed by atoms with Crippen LogP contribution in [0.3, 0.4) is 0 Å². The minimum Gasteiger partial charge on any atom is -0.477 e. The molecule has 0 spiro atoms. The summed E-state index contributed by atoms with van der Waals surface area (Å²) in [6, 6.07) is -3.99. The van der Waals surface area contributed by atoms with Gasteiger partial charge in [0.2, 0.25) is 11.8 Å². The molecule has 57 heteroatoms. The number of carbonyl (C=O) groups is 3. The van der Waals surface area contributed by atoms with E-state index in [2.05, 4.69) is 10.6 Å². The lowest BCUT2D eigenvalue weighted by molar-refractivity contribution is -0.421.